The monoisotopic (exact) mass is 443 g/mol. The number of aromatic nitrogens is 1. The lowest BCUT2D eigenvalue weighted by atomic mass is 10.2. The van der Waals surface area contributed by atoms with Crippen LogP contribution in [0.2, 0.25) is 0 Å². The number of carbonyl (C=O) groups excluding carboxylic acids is 1. The van der Waals surface area contributed by atoms with E-state index in [4.69, 9.17) is 0 Å². The minimum Gasteiger partial charge on any atom is -0.312 e. The fourth-order valence-electron chi connectivity index (χ4n) is 2.68. The highest BCUT2D eigenvalue weighted by molar-refractivity contribution is 7.90. The smallest absolute Gasteiger partial charge is 0.272 e. The maximum absolute atomic E-state index is 12.3. The number of rotatable bonds is 6. The summed E-state index contributed by atoms with van der Waals surface area (Å²) in [5.74, 6) is -0.513. The van der Waals surface area contributed by atoms with Crippen molar-refractivity contribution in [2.75, 3.05) is 6.26 Å². The minimum atomic E-state index is -3.35. The van der Waals surface area contributed by atoms with E-state index in [-0.39, 0.29) is 10.6 Å². The molecule has 0 saturated carbocycles. The number of hydrogen-bond donors (Lipinski definition) is 0. The Kier molecular flexibility index (Phi) is 6.09. The summed E-state index contributed by atoms with van der Waals surface area (Å²) in [5.41, 5.74) is 1.34. The first-order chi connectivity index (χ1) is 14.2. The van der Waals surface area contributed by atoms with Gasteiger partial charge in [0.2, 0.25) is 0 Å². The fourth-order valence-corrected chi connectivity index (χ4v) is 4.49. The highest BCUT2D eigenvalue weighted by Gasteiger charge is 2.12. The van der Waals surface area contributed by atoms with Crippen molar-refractivity contribution in [1.29, 1.82) is 0 Å². The summed E-state index contributed by atoms with van der Waals surface area (Å²) in [6.07, 6.45) is 5.58. The van der Waals surface area contributed by atoms with Gasteiger partial charge in [-0.25, -0.2) is 8.42 Å². The van der Waals surface area contributed by atoms with Gasteiger partial charge in [-0.1, -0.05) is 17.4 Å². The third-order valence-corrected chi connectivity index (χ3v) is 6.27. The zero-order chi connectivity index (χ0) is 21.9. The molecular weight excluding hydrogens is 426 g/mol. The largest absolute Gasteiger partial charge is 0.312 e. The van der Waals surface area contributed by atoms with Crippen LogP contribution in [0.1, 0.15) is 5.56 Å². The van der Waals surface area contributed by atoms with Gasteiger partial charge in [0.05, 0.1) is 20.0 Å². The van der Waals surface area contributed by atoms with Crippen LogP contribution in [0.25, 0.3) is 16.3 Å². The first kappa shape index (κ1) is 21.3. The van der Waals surface area contributed by atoms with E-state index in [2.05, 4.69) is 11.6 Å². The molecule has 0 atom stereocenters. The summed E-state index contributed by atoms with van der Waals surface area (Å²) >= 11 is 1.20. The lowest BCUT2D eigenvalue weighted by Crippen LogP contribution is -2.15. The van der Waals surface area contributed by atoms with Gasteiger partial charge in [-0.3, -0.25) is 14.9 Å². The topological polar surface area (TPSA) is 112 Å². The number of amides is 1. The number of nitrogens with zero attached hydrogens (tertiary/aromatic N) is 3. The van der Waals surface area contributed by atoms with Gasteiger partial charge < -0.3 is 4.57 Å². The number of carbonyl (C=O) groups is 1. The molecule has 1 amide bonds. The van der Waals surface area contributed by atoms with Crippen molar-refractivity contribution in [3.63, 3.8) is 0 Å². The Bertz CT molecular complexity index is 1350. The van der Waals surface area contributed by atoms with Crippen LogP contribution in [0.4, 0.5) is 5.69 Å². The molecule has 154 valence electrons. The standard InChI is InChI=1S/C20H17N3O5S2/c1-3-12-22-17-10-9-16(30(2,27)28)13-18(17)29-20(22)21-19(24)11-6-14-4-7-15(8-5-14)23(25)26/h3-11,13H,1,12H2,2H3/b11-6-,21-20?. The molecule has 0 unspecified atom stereocenters. The molecule has 3 rings (SSSR count). The van der Waals surface area contributed by atoms with Gasteiger partial charge in [0.15, 0.2) is 14.6 Å². The van der Waals surface area contributed by atoms with Crippen LogP contribution < -0.4 is 4.80 Å². The summed E-state index contributed by atoms with van der Waals surface area (Å²) in [6, 6.07) is 10.5. The Morgan fingerprint density at radius 3 is 2.57 bits per heavy atom. The average molecular weight is 444 g/mol. The number of thiazole rings is 1. The normalized spacial score (nSPS) is 12.5. The Balaban J connectivity index is 1.97. The summed E-state index contributed by atoms with van der Waals surface area (Å²) in [7, 11) is -3.35. The second-order valence-electron chi connectivity index (χ2n) is 6.32. The van der Waals surface area contributed by atoms with E-state index < -0.39 is 20.7 Å². The van der Waals surface area contributed by atoms with Gasteiger partial charge in [0.1, 0.15) is 0 Å². The molecule has 1 aromatic heterocycles. The third kappa shape index (κ3) is 4.78. The van der Waals surface area contributed by atoms with Gasteiger partial charge >= 0.3 is 0 Å². The Labute approximate surface area is 176 Å². The molecule has 0 aliphatic carbocycles. The van der Waals surface area contributed by atoms with Gasteiger partial charge in [-0.15, -0.1) is 6.58 Å². The molecule has 0 aliphatic heterocycles. The summed E-state index contributed by atoms with van der Waals surface area (Å²) < 4.78 is 26.1. The predicted octanol–water partition coefficient (Wildman–Crippen LogP) is 3.34. The van der Waals surface area contributed by atoms with Crippen LogP contribution in [0.15, 0.2) is 71.1 Å². The van der Waals surface area contributed by atoms with Crippen LogP contribution in [-0.4, -0.2) is 30.1 Å². The zero-order valence-corrected chi connectivity index (χ0v) is 17.5. The highest BCUT2D eigenvalue weighted by Crippen LogP contribution is 2.22. The van der Waals surface area contributed by atoms with Crippen molar-refractivity contribution in [2.45, 2.75) is 11.4 Å². The van der Waals surface area contributed by atoms with E-state index in [0.717, 1.165) is 11.8 Å². The molecule has 3 aromatic rings. The van der Waals surface area contributed by atoms with Crippen LogP contribution in [-0.2, 0) is 21.2 Å². The Morgan fingerprint density at radius 2 is 1.97 bits per heavy atom. The van der Waals surface area contributed by atoms with Crippen LogP contribution >= 0.6 is 11.3 Å². The zero-order valence-electron chi connectivity index (χ0n) is 15.9. The van der Waals surface area contributed by atoms with Crippen LogP contribution in [0.3, 0.4) is 0 Å². The molecule has 8 nitrogen and oxygen atoms in total. The van der Waals surface area contributed by atoms with Crippen molar-refractivity contribution in [3.05, 3.63) is 81.7 Å². The van der Waals surface area contributed by atoms with Crippen LogP contribution in [0, 0.1) is 10.1 Å². The predicted molar refractivity (Wildman–Crippen MR) is 116 cm³/mol. The maximum Gasteiger partial charge on any atom is 0.272 e. The molecule has 0 saturated heterocycles. The van der Waals surface area contributed by atoms with E-state index >= 15 is 0 Å². The number of allylic oxidation sites excluding steroid dienone is 1. The van der Waals surface area contributed by atoms with E-state index in [1.807, 2.05) is 0 Å². The maximum atomic E-state index is 12.3. The number of sulfone groups is 1. The van der Waals surface area contributed by atoms with Crippen LogP contribution in [0.5, 0.6) is 0 Å². The molecule has 0 spiro atoms. The number of nitro benzene ring substituents is 1. The van der Waals surface area contributed by atoms with Gasteiger partial charge in [-0.2, -0.15) is 4.99 Å². The summed E-state index contributed by atoms with van der Waals surface area (Å²) in [4.78, 5) is 27.2. The number of fused-ring (bicyclic) bond motifs is 1. The molecule has 30 heavy (non-hydrogen) atoms. The lowest BCUT2D eigenvalue weighted by molar-refractivity contribution is -0.384. The number of nitro groups is 1. The highest BCUT2D eigenvalue weighted by atomic mass is 32.2. The number of hydrogen-bond acceptors (Lipinski definition) is 6. The summed E-state index contributed by atoms with van der Waals surface area (Å²) in [6.45, 7) is 4.11. The van der Waals surface area contributed by atoms with Crippen molar-refractivity contribution in [2.24, 2.45) is 4.99 Å². The van der Waals surface area contributed by atoms with Crippen molar-refractivity contribution < 1.29 is 18.1 Å². The van der Waals surface area contributed by atoms with E-state index in [1.54, 1.807) is 22.8 Å². The fraction of sp³-hybridized carbons (Fsp3) is 0.100. The average Bonchev–Trinajstić information content (AvgIpc) is 3.02. The lowest BCUT2D eigenvalue weighted by Gasteiger charge is -2.02. The molecule has 0 bridgehead atoms. The molecule has 10 heteroatoms. The quantitative estimate of drug-likeness (QED) is 0.251. The molecular formula is C20H17N3O5S2. The van der Waals surface area contributed by atoms with Crippen molar-refractivity contribution in [1.82, 2.24) is 4.57 Å². The molecule has 1 heterocycles. The third-order valence-electron chi connectivity index (χ3n) is 4.12. The van der Waals surface area contributed by atoms with E-state index in [1.165, 1.54) is 53.8 Å². The van der Waals surface area contributed by atoms with Gasteiger partial charge in [0, 0.05) is 31.0 Å². The van der Waals surface area contributed by atoms with Gasteiger partial charge in [-0.05, 0) is 42.0 Å². The van der Waals surface area contributed by atoms with Gasteiger partial charge in [0.25, 0.3) is 11.6 Å². The second-order valence-corrected chi connectivity index (χ2v) is 9.34. The number of benzene rings is 2. The van der Waals surface area contributed by atoms with Crippen molar-refractivity contribution >= 4 is 49.1 Å². The minimum absolute atomic E-state index is 0.0348. The van der Waals surface area contributed by atoms with E-state index in [0.29, 0.717) is 21.6 Å². The molecule has 0 aliphatic rings. The molecule has 0 radical (unpaired) electrons. The SMILES string of the molecule is C=CCn1c(=NC(=O)/C=C\c2ccc([N+](=O)[O-])cc2)sc2cc(S(C)(=O)=O)ccc21. The number of non-ortho nitro benzene ring substituents is 1. The molecule has 0 fully saturated rings. The first-order valence-corrected chi connectivity index (χ1v) is 11.4. The molecule has 2 aromatic carbocycles. The van der Waals surface area contributed by atoms with Crippen molar-refractivity contribution in [3.8, 4) is 0 Å². The second kappa shape index (κ2) is 8.56. The Morgan fingerprint density at radius 1 is 1.27 bits per heavy atom. The first-order valence-electron chi connectivity index (χ1n) is 8.64. The summed E-state index contributed by atoms with van der Waals surface area (Å²) in [5, 5.41) is 10.7. The molecule has 0 N–H and O–H groups in total. The Hall–Kier alpha value is -3.37. The van der Waals surface area contributed by atoms with E-state index in [9.17, 15) is 23.3 Å².